The zero-order valence-electron chi connectivity index (χ0n) is 9.91. The number of hydrogen-bond acceptors (Lipinski definition) is 4. The fourth-order valence-corrected chi connectivity index (χ4v) is 4.22. The lowest BCUT2D eigenvalue weighted by Crippen LogP contribution is -2.42. The first-order chi connectivity index (χ1) is 8.57. The number of sulfone groups is 1. The molecule has 2 aliphatic rings. The average molecular weight is 269 g/mol. The number of amides is 1. The smallest absolute Gasteiger partial charge is 0.257 e. The van der Waals surface area contributed by atoms with E-state index in [0.717, 1.165) is 12.8 Å². The molecule has 18 heavy (non-hydrogen) atoms. The van der Waals surface area contributed by atoms with Gasteiger partial charge in [-0.25, -0.2) is 8.42 Å². The lowest BCUT2D eigenvalue weighted by Gasteiger charge is -2.27. The van der Waals surface area contributed by atoms with Gasteiger partial charge in [0.2, 0.25) is 0 Å². The second kappa shape index (κ2) is 4.12. The summed E-state index contributed by atoms with van der Waals surface area (Å²) in [5.41, 5.74) is 0.506. The molecule has 98 valence electrons. The Balaban J connectivity index is 1.83. The summed E-state index contributed by atoms with van der Waals surface area (Å²) in [6.45, 7) is 0. The van der Waals surface area contributed by atoms with Crippen molar-refractivity contribution in [3.8, 4) is 0 Å². The Morgan fingerprint density at radius 2 is 2.06 bits per heavy atom. The molecular formula is C12H15NO4S. The van der Waals surface area contributed by atoms with Crippen LogP contribution in [0, 0.1) is 0 Å². The minimum absolute atomic E-state index is 0.103. The monoisotopic (exact) mass is 269 g/mol. The second-order valence-electron chi connectivity index (χ2n) is 5.01. The molecule has 2 heterocycles. The van der Waals surface area contributed by atoms with E-state index >= 15 is 0 Å². The predicted molar refractivity (Wildman–Crippen MR) is 65.0 cm³/mol. The van der Waals surface area contributed by atoms with Gasteiger partial charge >= 0.3 is 0 Å². The van der Waals surface area contributed by atoms with E-state index in [-0.39, 0.29) is 29.5 Å². The third kappa shape index (κ3) is 2.16. The first kappa shape index (κ1) is 11.8. The first-order valence-electron chi connectivity index (χ1n) is 6.12. The zero-order chi connectivity index (χ0) is 12.8. The summed E-state index contributed by atoms with van der Waals surface area (Å²) < 4.78 is 28.0. The van der Waals surface area contributed by atoms with Gasteiger partial charge in [-0.3, -0.25) is 4.79 Å². The van der Waals surface area contributed by atoms with Crippen LogP contribution in [0.4, 0.5) is 0 Å². The Labute approximate surface area is 106 Å². The average Bonchev–Trinajstić information content (AvgIpc) is 2.87. The molecule has 1 atom stereocenters. The van der Waals surface area contributed by atoms with Gasteiger partial charge in [-0.15, -0.1) is 0 Å². The highest BCUT2D eigenvalue weighted by molar-refractivity contribution is 7.91. The molecule has 1 saturated heterocycles. The molecule has 0 radical (unpaired) electrons. The topological polar surface area (TPSA) is 67.6 Å². The molecule has 0 unspecified atom stereocenters. The van der Waals surface area contributed by atoms with Crippen LogP contribution in [0.3, 0.4) is 0 Å². The Hall–Kier alpha value is -1.30. The summed E-state index contributed by atoms with van der Waals surface area (Å²) in [5, 5.41) is 0. The standard InChI is InChI=1S/C12H15NO4S/c14-12(9-3-5-17-7-9)13(10-1-2-10)11-4-6-18(15,16)8-11/h3,5,7,10-11H,1-2,4,6,8H2/t11-/m1/s1. The second-order valence-corrected chi connectivity index (χ2v) is 7.24. The van der Waals surface area contributed by atoms with Crippen molar-refractivity contribution in [2.24, 2.45) is 0 Å². The molecule has 0 N–H and O–H groups in total. The van der Waals surface area contributed by atoms with Gasteiger partial charge in [0, 0.05) is 12.1 Å². The molecule has 0 aromatic carbocycles. The van der Waals surface area contributed by atoms with Gasteiger partial charge in [-0.05, 0) is 25.3 Å². The van der Waals surface area contributed by atoms with Crippen molar-refractivity contribution in [3.63, 3.8) is 0 Å². The van der Waals surface area contributed by atoms with Crippen LogP contribution in [0.2, 0.25) is 0 Å². The molecular weight excluding hydrogens is 254 g/mol. The summed E-state index contributed by atoms with van der Waals surface area (Å²) in [6.07, 6.45) is 5.38. The van der Waals surface area contributed by atoms with Crippen LogP contribution < -0.4 is 0 Å². The molecule has 1 amide bonds. The van der Waals surface area contributed by atoms with Crippen LogP contribution in [0.25, 0.3) is 0 Å². The quantitative estimate of drug-likeness (QED) is 0.823. The summed E-state index contributed by atoms with van der Waals surface area (Å²) in [6, 6.07) is 1.68. The summed E-state index contributed by atoms with van der Waals surface area (Å²) in [7, 11) is -2.97. The molecule has 1 aliphatic heterocycles. The fraction of sp³-hybridized carbons (Fsp3) is 0.583. The van der Waals surface area contributed by atoms with E-state index in [9.17, 15) is 13.2 Å². The fourth-order valence-electron chi connectivity index (χ4n) is 2.51. The van der Waals surface area contributed by atoms with E-state index in [1.165, 1.54) is 12.5 Å². The minimum Gasteiger partial charge on any atom is -0.472 e. The maximum Gasteiger partial charge on any atom is 0.257 e. The molecule has 6 heteroatoms. The third-order valence-corrected chi connectivity index (χ3v) is 5.30. The molecule has 1 saturated carbocycles. The molecule has 5 nitrogen and oxygen atoms in total. The van der Waals surface area contributed by atoms with Crippen LogP contribution in [0.1, 0.15) is 29.6 Å². The maximum atomic E-state index is 12.4. The number of rotatable bonds is 3. The largest absolute Gasteiger partial charge is 0.472 e. The van der Waals surface area contributed by atoms with Gasteiger partial charge in [0.05, 0.1) is 23.3 Å². The van der Waals surface area contributed by atoms with E-state index in [2.05, 4.69) is 0 Å². The summed E-state index contributed by atoms with van der Waals surface area (Å²) in [4.78, 5) is 14.1. The Morgan fingerprint density at radius 3 is 2.56 bits per heavy atom. The van der Waals surface area contributed by atoms with E-state index in [1.54, 1.807) is 11.0 Å². The number of carbonyl (C=O) groups excluding carboxylic acids is 1. The van der Waals surface area contributed by atoms with Crippen molar-refractivity contribution >= 4 is 15.7 Å². The van der Waals surface area contributed by atoms with Crippen LogP contribution >= 0.6 is 0 Å². The zero-order valence-corrected chi connectivity index (χ0v) is 10.7. The van der Waals surface area contributed by atoms with E-state index < -0.39 is 9.84 Å². The number of carbonyl (C=O) groups is 1. The van der Waals surface area contributed by atoms with Crippen molar-refractivity contribution in [2.45, 2.75) is 31.3 Å². The van der Waals surface area contributed by atoms with Crippen LogP contribution in [0.15, 0.2) is 23.0 Å². The minimum atomic E-state index is -2.97. The molecule has 0 spiro atoms. The SMILES string of the molecule is O=C(c1ccoc1)N(C1CC1)[C@@H]1CCS(=O)(=O)C1. The van der Waals surface area contributed by atoms with Crippen LogP contribution in [-0.4, -0.2) is 42.8 Å². The van der Waals surface area contributed by atoms with E-state index in [0.29, 0.717) is 12.0 Å². The lowest BCUT2D eigenvalue weighted by atomic mass is 10.2. The van der Waals surface area contributed by atoms with Crippen molar-refractivity contribution in [2.75, 3.05) is 11.5 Å². The van der Waals surface area contributed by atoms with Crippen molar-refractivity contribution in [1.29, 1.82) is 0 Å². The van der Waals surface area contributed by atoms with Crippen molar-refractivity contribution < 1.29 is 17.6 Å². The van der Waals surface area contributed by atoms with Crippen LogP contribution in [-0.2, 0) is 9.84 Å². The molecule has 1 aromatic heterocycles. The normalized spacial score (nSPS) is 26.1. The molecule has 3 rings (SSSR count). The van der Waals surface area contributed by atoms with Gasteiger partial charge in [-0.2, -0.15) is 0 Å². The molecule has 2 fully saturated rings. The Morgan fingerprint density at radius 1 is 1.28 bits per heavy atom. The van der Waals surface area contributed by atoms with Crippen molar-refractivity contribution in [3.05, 3.63) is 24.2 Å². The highest BCUT2D eigenvalue weighted by Gasteiger charge is 2.42. The van der Waals surface area contributed by atoms with Gasteiger partial charge in [0.15, 0.2) is 9.84 Å². The predicted octanol–water partition coefficient (Wildman–Crippen LogP) is 1.07. The van der Waals surface area contributed by atoms with E-state index in [4.69, 9.17) is 4.42 Å². The van der Waals surface area contributed by atoms with Gasteiger partial charge in [0.1, 0.15) is 6.26 Å². The maximum absolute atomic E-state index is 12.4. The van der Waals surface area contributed by atoms with Gasteiger partial charge in [0.25, 0.3) is 5.91 Å². The molecule has 1 aliphatic carbocycles. The lowest BCUT2D eigenvalue weighted by molar-refractivity contribution is 0.0680. The highest BCUT2D eigenvalue weighted by Crippen LogP contribution is 2.33. The number of furan rings is 1. The summed E-state index contributed by atoms with van der Waals surface area (Å²) in [5.74, 6) is 0.195. The van der Waals surface area contributed by atoms with E-state index in [1.807, 2.05) is 0 Å². The molecule has 0 bridgehead atoms. The molecule has 1 aromatic rings. The Kier molecular flexibility index (Phi) is 2.69. The van der Waals surface area contributed by atoms with Gasteiger partial charge < -0.3 is 9.32 Å². The summed E-state index contributed by atoms with van der Waals surface area (Å²) >= 11 is 0. The third-order valence-electron chi connectivity index (χ3n) is 3.54. The highest BCUT2D eigenvalue weighted by atomic mass is 32.2. The van der Waals surface area contributed by atoms with Crippen LogP contribution in [0.5, 0.6) is 0 Å². The number of hydrogen-bond donors (Lipinski definition) is 0. The Bertz CT molecular complexity index is 545. The first-order valence-corrected chi connectivity index (χ1v) is 7.94. The number of nitrogens with zero attached hydrogens (tertiary/aromatic N) is 1. The van der Waals surface area contributed by atoms with Gasteiger partial charge in [-0.1, -0.05) is 0 Å². The van der Waals surface area contributed by atoms with Crippen molar-refractivity contribution in [1.82, 2.24) is 4.90 Å².